The highest BCUT2D eigenvalue weighted by Gasteiger charge is 2.36. The fourth-order valence-corrected chi connectivity index (χ4v) is 2.98. The molecule has 24 heavy (non-hydrogen) atoms. The van der Waals surface area contributed by atoms with E-state index in [-0.39, 0.29) is 23.8 Å². The van der Waals surface area contributed by atoms with E-state index in [1.54, 1.807) is 7.05 Å². The quantitative estimate of drug-likeness (QED) is 0.311. The number of nitrogens with zero attached hydrogens (tertiary/aromatic N) is 2. The molecule has 0 aliphatic carbocycles. The number of carbonyl (C=O) groups is 2. The summed E-state index contributed by atoms with van der Waals surface area (Å²) in [5.41, 5.74) is 0. The average molecular weight is 341 g/mol. The number of likely N-dealkylation sites (tertiary alicyclic amines) is 1. The van der Waals surface area contributed by atoms with E-state index in [4.69, 9.17) is 4.74 Å². The van der Waals surface area contributed by atoms with Gasteiger partial charge in [-0.3, -0.25) is 14.6 Å². The molecule has 1 fully saturated rings. The Morgan fingerprint density at radius 2 is 1.83 bits per heavy atom. The van der Waals surface area contributed by atoms with Crippen LogP contribution in [-0.4, -0.2) is 63.7 Å². The fourth-order valence-electron chi connectivity index (χ4n) is 2.98. The molecule has 0 spiro atoms. The first-order chi connectivity index (χ1) is 11.5. The summed E-state index contributed by atoms with van der Waals surface area (Å²) in [6.45, 7) is 4.35. The zero-order valence-electron chi connectivity index (χ0n) is 15.3. The SMILES string of the molecule is CN=C(NCCCCCCC(=O)OC)N1CC(C)C(C(=O)OC)C1. The van der Waals surface area contributed by atoms with Gasteiger partial charge in [-0.15, -0.1) is 0 Å². The van der Waals surface area contributed by atoms with E-state index in [2.05, 4.69) is 26.9 Å². The van der Waals surface area contributed by atoms with Crippen molar-refractivity contribution in [2.24, 2.45) is 16.8 Å². The van der Waals surface area contributed by atoms with Crippen molar-refractivity contribution in [3.8, 4) is 0 Å². The molecule has 1 rings (SSSR count). The topological polar surface area (TPSA) is 80.2 Å². The highest BCUT2D eigenvalue weighted by molar-refractivity contribution is 5.82. The minimum absolute atomic E-state index is 0.0909. The molecule has 1 aliphatic rings. The summed E-state index contributed by atoms with van der Waals surface area (Å²) in [6.07, 6.45) is 4.45. The third kappa shape index (κ3) is 6.37. The molecule has 1 aliphatic heterocycles. The lowest BCUT2D eigenvalue weighted by Gasteiger charge is -2.21. The molecule has 0 bridgehead atoms. The first-order valence-corrected chi connectivity index (χ1v) is 8.63. The third-order valence-corrected chi connectivity index (χ3v) is 4.45. The molecule has 2 unspecified atom stereocenters. The largest absolute Gasteiger partial charge is 0.469 e. The maximum Gasteiger partial charge on any atom is 0.310 e. The predicted octanol–water partition coefficient (Wildman–Crippen LogP) is 1.43. The molecule has 0 amide bonds. The van der Waals surface area contributed by atoms with Crippen LogP contribution in [0.15, 0.2) is 4.99 Å². The van der Waals surface area contributed by atoms with E-state index in [1.165, 1.54) is 14.2 Å². The van der Waals surface area contributed by atoms with Crippen LogP contribution < -0.4 is 5.32 Å². The molecule has 1 heterocycles. The van der Waals surface area contributed by atoms with Crippen molar-refractivity contribution in [2.45, 2.75) is 39.0 Å². The van der Waals surface area contributed by atoms with Crippen molar-refractivity contribution in [1.82, 2.24) is 10.2 Å². The Morgan fingerprint density at radius 3 is 2.46 bits per heavy atom. The zero-order chi connectivity index (χ0) is 17.9. The van der Waals surface area contributed by atoms with Crippen LogP contribution in [0.3, 0.4) is 0 Å². The number of carbonyl (C=O) groups excluding carboxylic acids is 2. The third-order valence-electron chi connectivity index (χ3n) is 4.45. The molecule has 1 saturated heterocycles. The number of aliphatic imine (C=N–C) groups is 1. The Kier molecular flexibility index (Phi) is 9.19. The standard InChI is InChI=1S/C17H31N3O4/c1-13-11-20(12-14(13)16(22)24-4)17(18-2)19-10-8-6-5-7-9-15(21)23-3/h13-14H,5-12H2,1-4H3,(H,18,19). The van der Waals surface area contributed by atoms with Gasteiger partial charge < -0.3 is 19.7 Å². The number of esters is 2. The summed E-state index contributed by atoms with van der Waals surface area (Å²) in [5, 5.41) is 3.35. The van der Waals surface area contributed by atoms with Gasteiger partial charge in [0, 0.05) is 33.1 Å². The van der Waals surface area contributed by atoms with Gasteiger partial charge in [0.05, 0.1) is 20.1 Å². The van der Waals surface area contributed by atoms with Crippen LogP contribution in [0.4, 0.5) is 0 Å². The Balaban J connectivity index is 2.24. The zero-order valence-corrected chi connectivity index (χ0v) is 15.3. The molecule has 0 aromatic carbocycles. The predicted molar refractivity (Wildman–Crippen MR) is 92.7 cm³/mol. The minimum Gasteiger partial charge on any atom is -0.469 e. The Morgan fingerprint density at radius 1 is 1.12 bits per heavy atom. The molecular weight excluding hydrogens is 310 g/mol. The van der Waals surface area contributed by atoms with Gasteiger partial charge in [0.25, 0.3) is 0 Å². The van der Waals surface area contributed by atoms with Gasteiger partial charge in [-0.05, 0) is 18.8 Å². The highest BCUT2D eigenvalue weighted by atomic mass is 16.5. The lowest BCUT2D eigenvalue weighted by atomic mass is 9.99. The molecule has 7 nitrogen and oxygen atoms in total. The fraction of sp³-hybridized carbons (Fsp3) is 0.824. The molecule has 0 aromatic rings. The molecule has 138 valence electrons. The lowest BCUT2D eigenvalue weighted by Crippen LogP contribution is -2.41. The number of hydrogen-bond acceptors (Lipinski definition) is 5. The second-order valence-electron chi connectivity index (χ2n) is 6.23. The number of ether oxygens (including phenoxy) is 2. The van der Waals surface area contributed by atoms with Gasteiger partial charge in [-0.1, -0.05) is 19.8 Å². The van der Waals surface area contributed by atoms with Crippen LogP contribution >= 0.6 is 0 Å². The van der Waals surface area contributed by atoms with Crippen LogP contribution in [0, 0.1) is 11.8 Å². The summed E-state index contributed by atoms with van der Waals surface area (Å²) in [7, 11) is 4.61. The molecule has 0 aromatic heterocycles. The van der Waals surface area contributed by atoms with Crippen LogP contribution in [0.25, 0.3) is 0 Å². The van der Waals surface area contributed by atoms with Crippen LogP contribution in [-0.2, 0) is 19.1 Å². The molecule has 0 saturated carbocycles. The second kappa shape index (κ2) is 10.9. The van der Waals surface area contributed by atoms with Gasteiger partial charge >= 0.3 is 11.9 Å². The van der Waals surface area contributed by atoms with E-state index < -0.39 is 0 Å². The van der Waals surface area contributed by atoms with E-state index in [9.17, 15) is 9.59 Å². The summed E-state index contributed by atoms with van der Waals surface area (Å²) >= 11 is 0. The average Bonchev–Trinajstić information content (AvgIpc) is 2.97. The van der Waals surface area contributed by atoms with Crippen LogP contribution in [0.1, 0.15) is 39.0 Å². The first-order valence-electron chi connectivity index (χ1n) is 8.63. The number of nitrogens with one attached hydrogen (secondary N) is 1. The maximum absolute atomic E-state index is 11.8. The molecular formula is C17H31N3O4. The van der Waals surface area contributed by atoms with E-state index in [1.807, 2.05) is 0 Å². The molecule has 0 radical (unpaired) electrons. The highest BCUT2D eigenvalue weighted by Crippen LogP contribution is 2.24. The number of guanidine groups is 1. The lowest BCUT2D eigenvalue weighted by molar-refractivity contribution is -0.146. The maximum atomic E-state index is 11.8. The molecule has 7 heteroatoms. The van der Waals surface area contributed by atoms with Crippen molar-refractivity contribution < 1.29 is 19.1 Å². The smallest absolute Gasteiger partial charge is 0.310 e. The summed E-state index contributed by atoms with van der Waals surface area (Å²) in [5.74, 6) is 0.715. The number of unbranched alkanes of at least 4 members (excludes halogenated alkanes) is 3. The minimum atomic E-state index is -0.147. The van der Waals surface area contributed by atoms with Gasteiger partial charge in [0.15, 0.2) is 5.96 Å². The Labute approximate surface area is 144 Å². The Hall–Kier alpha value is -1.79. The summed E-state index contributed by atoms with van der Waals surface area (Å²) in [4.78, 5) is 29.2. The van der Waals surface area contributed by atoms with Crippen molar-refractivity contribution in [3.63, 3.8) is 0 Å². The van der Waals surface area contributed by atoms with Crippen LogP contribution in [0.2, 0.25) is 0 Å². The van der Waals surface area contributed by atoms with Gasteiger partial charge in [-0.25, -0.2) is 0 Å². The summed E-state index contributed by atoms with van der Waals surface area (Å²) in [6, 6.07) is 0. The number of methoxy groups -OCH3 is 2. The monoisotopic (exact) mass is 341 g/mol. The van der Waals surface area contributed by atoms with Crippen molar-refractivity contribution in [3.05, 3.63) is 0 Å². The van der Waals surface area contributed by atoms with Gasteiger partial charge in [0.2, 0.25) is 0 Å². The van der Waals surface area contributed by atoms with E-state index >= 15 is 0 Å². The van der Waals surface area contributed by atoms with Crippen molar-refractivity contribution >= 4 is 17.9 Å². The summed E-state index contributed by atoms with van der Waals surface area (Å²) < 4.78 is 9.49. The molecule has 2 atom stereocenters. The molecule has 1 N–H and O–H groups in total. The second-order valence-corrected chi connectivity index (χ2v) is 6.23. The van der Waals surface area contributed by atoms with Crippen LogP contribution in [0.5, 0.6) is 0 Å². The normalized spacial score (nSPS) is 20.8. The van der Waals surface area contributed by atoms with E-state index in [0.29, 0.717) is 13.0 Å². The number of rotatable bonds is 8. The Bertz CT molecular complexity index is 440. The van der Waals surface area contributed by atoms with Gasteiger partial charge in [0.1, 0.15) is 0 Å². The first kappa shape index (κ1) is 20.3. The van der Waals surface area contributed by atoms with E-state index in [0.717, 1.165) is 44.7 Å². The number of hydrogen-bond donors (Lipinski definition) is 1. The van der Waals surface area contributed by atoms with Gasteiger partial charge in [-0.2, -0.15) is 0 Å². The van der Waals surface area contributed by atoms with Crippen molar-refractivity contribution in [1.29, 1.82) is 0 Å². The van der Waals surface area contributed by atoms with Crippen molar-refractivity contribution in [2.75, 3.05) is 40.9 Å².